The summed E-state index contributed by atoms with van der Waals surface area (Å²) >= 11 is 9.35. The van der Waals surface area contributed by atoms with E-state index in [1.54, 1.807) is 0 Å². The molecule has 1 aromatic carbocycles. The van der Waals surface area contributed by atoms with Gasteiger partial charge >= 0.3 is 0 Å². The van der Waals surface area contributed by atoms with E-state index < -0.39 is 0 Å². The van der Waals surface area contributed by atoms with Gasteiger partial charge in [0.15, 0.2) is 0 Å². The molecule has 15 heavy (non-hydrogen) atoms. The first-order valence-corrected chi connectivity index (χ1v) is 6.17. The van der Waals surface area contributed by atoms with Gasteiger partial charge in [-0.15, -0.1) is 0 Å². The molecule has 0 radical (unpaired) electrons. The summed E-state index contributed by atoms with van der Waals surface area (Å²) < 4.78 is 6.28. The van der Waals surface area contributed by atoms with E-state index in [0.717, 1.165) is 41.4 Å². The molecule has 84 valence electrons. The molecule has 4 heteroatoms. The predicted octanol–water partition coefficient (Wildman–Crippen LogP) is 3.94. The summed E-state index contributed by atoms with van der Waals surface area (Å²) in [6.07, 6.45) is 0.993. The smallest absolute Gasteiger partial charge is 0.0499 e. The van der Waals surface area contributed by atoms with E-state index in [9.17, 15) is 0 Å². The van der Waals surface area contributed by atoms with Gasteiger partial charge in [-0.25, -0.2) is 0 Å². The third-order valence-corrected chi connectivity index (χ3v) is 2.84. The Morgan fingerprint density at radius 1 is 1.47 bits per heavy atom. The second-order valence-corrected chi connectivity index (χ2v) is 4.39. The van der Waals surface area contributed by atoms with Crippen LogP contribution in [0.15, 0.2) is 22.7 Å². The lowest BCUT2D eigenvalue weighted by Crippen LogP contribution is -2.05. The molecule has 1 rings (SSSR count). The minimum Gasteiger partial charge on any atom is -0.384 e. The first-order valence-electron chi connectivity index (χ1n) is 5.00. The molecule has 0 aliphatic rings. The van der Waals surface area contributed by atoms with E-state index in [-0.39, 0.29) is 0 Å². The van der Waals surface area contributed by atoms with Crippen LogP contribution in [0.25, 0.3) is 0 Å². The Hall–Kier alpha value is -0.250. The molecule has 1 N–H and O–H groups in total. The van der Waals surface area contributed by atoms with Crippen molar-refractivity contribution in [3.8, 4) is 0 Å². The van der Waals surface area contributed by atoms with Crippen LogP contribution in [0.1, 0.15) is 13.3 Å². The van der Waals surface area contributed by atoms with Gasteiger partial charge in [0, 0.05) is 34.9 Å². The average molecular weight is 293 g/mol. The molecule has 0 amide bonds. The van der Waals surface area contributed by atoms with Crippen LogP contribution >= 0.6 is 27.5 Å². The Morgan fingerprint density at radius 3 is 3.00 bits per heavy atom. The molecule has 0 aliphatic carbocycles. The highest BCUT2D eigenvalue weighted by molar-refractivity contribution is 9.10. The number of hydrogen-bond acceptors (Lipinski definition) is 2. The Bertz CT molecular complexity index is 307. The van der Waals surface area contributed by atoms with E-state index in [4.69, 9.17) is 16.3 Å². The zero-order chi connectivity index (χ0) is 11.1. The van der Waals surface area contributed by atoms with Gasteiger partial charge < -0.3 is 10.1 Å². The van der Waals surface area contributed by atoms with Crippen molar-refractivity contribution in [3.05, 3.63) is 27.7 Å². The largest absolute Gasteiger partial charge is 0.384 e. The molecule has 0 atom stereocenters. The number of rotatable bonds is 6. The highest BCUT2D eigenvalue weighted by Crippen LogP contribution is 2.25. The van der Waals surface area contributed by atoms with Gasteiger partial charge in [-0.3, -0.25) is 0 Å². The van der Waals surface area contributed by atoms with Gasteiger partial charge in [0.1, 0.15) is 0 Å². The molecule has 2 nitrogen and oxygen atoms in total. The molecular weight excluding hydrogens is 277 g/mol. The fraction of sp³-hybridized carbons (Fsp3) is 0.455. The van der Waals surface area contributed by atoms with Gasteiger partial charge in [-0.1, -0.05) is 11.6 Å². The number of halogens is 2. The lowest BCUT2D eigenvalue weighted by Gasteiger charge is -2.08. The number of ether oxygens (including phenoxy) is 1. The van der Waals surface area contributed by atoms with E-state index in [1.807, 2.05) is 25.1 Å². The molecule has 0 saturated carbocycles. The molecule has 0 saturated heterocycles. The van der Waals surface area contributed by atoms with Crippen LogP contribution in [-0.4, -0.2) is 19.8 Å². The van der Waals surface area contributed by atoms with Crippen molar-refractivity contribution in [1.82, 2.24) is 0 Å². The van der Waals surface area contributed by atoms with Crippen molar-refractivity contribution in [2.45, 2.75) is 13.3 Å². The fourth-order valence-corrected chi connectivity index (χ4v) is 1.73. The number of anilines is 1. The molecule has 0 heterocycles. The summed E-state index contributed by atoms with van der Waals surface area (Å²) in [5.41, 5.74) is 1.03. The van der Waals surface area contributed by atoms with Crippen molar-refractivity contribution >= 4 is 33.2 Å². The van der Waals surface area contributed by atoms with E-state index in [2.05, 4.69) is 21.2 Å². The quantitative estimate of drug-likeness (QED) is 0.802. The van der Waals surface area contributed by atoms with Gasteiger partial charge in [0.2, 0.25) is 0 Å². The van der Waals surface area contributed by atoms with Gasteiger partial charge in [0.05, 0.1) is 0 Å². The van der Waals surface area contributed by atoms with Crippen molar-refractivity contribution < 1.29 is 4.74 Å². The van der Waals surface area contributed by atoms with Crippen LogP contribution in [0.4, 0.5) is 5.69 Å². The van der Waals surface area contributed by atoms with Gasteiger partial charge in [-0.05, 0) is 47.5 Å². The first-order chi connectivity index (χ1) is 7.24. The zero-order valence-electron chi connectivity index (χ0n) is 8.72. The summed E-state index contributed by atoms with van der Waals surface area (Å²) in [4.78, 5) is 0. The highest BCUT2D eigenvalue weighted by Gasteiger charge is 1.99. The van der Waals surface area contributed by atoms with Crippen molar-refractivity contribution in [2.75, 3.05) is 25.1 Å². The summed E-state index contributed by atoms with van der Waals surface area (Å²) in [6, 6.07) is 5.70. The van der Waals surface area contributed by atoms with Gasteiger partial charge in [0.25, 0.3) is 0 Å². The SMILES string of the molecule is CCOCCCNc1cc(Cl)ccc1Br. The van der Waals surface area contributed by atoms with Crippen LogP contribution < -0.4 is 5.32 Å². The van der Waals surface area contributed by atoms with Crippen molar-refractivity contribution in [1.29, 1.82) is 0 Å². The first kappa shape index (κ1) is 12.8. The van der Waals surface area contributed by atoms with Crippen molar-refractivity contribution in [2.24, 2.45) is 0 Å². The van der Waals surface area contributed by atoms with Crippen LogP contribution in [0.3, 0.4) is 0 Å². The minimum absolute atomic E-state index is 0.741. The Kier molecular flexibility index (Phi) is 6.06. The number of nitrogens with one attached hydrogen (secondary N) is 1. The monoisotopic (exact) mass is 291 g/mol. The lowest BCUT2D eigenvalue weighted by molar-refractivity contribution is 0.147. The summed E-state index contributed by atoms with van der Waals surface area (Å²) in [5, 5.41) is 4.04. The molecule has 0 aliphatic heterocycles. The topological polar surface area (TPSA) is 21.3 Å². The van der Waals surface area contributed by atoms with E-state index >= 15 is 0 Å². The maximum atomic E-state index is 5.89. The molecule has 0 spiro atoms. The van der Waals surface area contributed by atoms with Crippen LogP contribution in [0.5, 0.6) is 0 Å². The van der Waals surface area contributed by atoms with Crippen LogP contribution in [0, 0.1) is 0 Å². The molecule has 0 aromatic heterocycles. The third kappa shape index (κ3) is 4.87. The zero-order valence-corrected chi connectivity index (χ0v) is 11.1. The molecular formula is C11H15BrClNO. The Balaban J connectivity index is 2.33. The lowest BCUT2D eigenvalue weighted by atomic mass is 10.3. The molecule has 0 unspecified atom stereocenters. The second kappa shape index (κ2) is 7.09. The minimum atomic E-state index is 0.741. The van der Waals surface area contributed by atoms with Crippen molar-refractivity contribution in [3.63, 3.8) is 0 Å². The normalized spacial score (nSPS) is 10.3. The van der Waals surface area contributed by atoms with Crippen LogP contribution in [0.2, 0.25) is 5.02 Å². The summed E-state index contributed by atoms with van der Waals surface area (Å²) in [7, 11) is 0. The predicted molar refractivity (Wildman–Crippen MR) is 68.8 cm³/mol. The third-order valence-electron chi connectivity index (χ3n) is 1.91. The van der Waals surface area contributed by atoms with E-state index in [1.165, 1.54) is 0 Å². The standard InChI is InChI=1S/C11H15BrClNO/c1-2-15-7-3-6-14-11-8-9(13)4-5-10(11)12/h4-5,8,14H,2-3,6-7H2,1H3. The maximum absolute atomic E-state index is 5.89. The summed E-state index contributed by atoms with van der Waals surface area (Å²) in [5.74, 6) is 0. The van der Waals surface area contributed by atoms with Crippen LogP contribution in [-0.2, 0) is 4.74 Å². The maximum Gasteiger partial charge on any atom is 0.0499 e. The molecule has 1 aromatic rings. The number of hydrogen-bond donors (Lipinski definition) is 1. The molecule has 0 fully saturated rings. The number of benzene rings is 1. The summed E-state index contributed by atoms with van der Waals surface area (Å²) in [6.45, 7) is 4.46. The Labute approximate surface area is 104 Å². The molecule has 0 bridgehead atoms. The second-order valence-electron chi connectivity index (χ2n) is 3.10. The fourth-order valence-electron chi connectivity index (χ4n) is 1.17. The van der Waals surface area contributed by atoms with Gasteiger partial charge in [-0.2, -0.15) is 0 Å². The highest BCUT2D eigenvalue weighted by atomic mass is 79.9. The van der Waals surface area contributed by atoms with E-state index in [0.29, 0.717) is 0 Å². The average Bonchev–Trinajstić information content (AvgIpc) is 2.23. The Morgan fingerprint density at radius 2 is 2.27 bits per heavy atom.